The monoisotopic (exact) mass is 290 g/mol. The first-order valence-electron chi connectivity index (χ1n) is 7.98. The molecule has 4 heteroatoms. The quantitative estimate of drug-likeness (QED) is 0.854. The van der Waals surface area contributed by atoms with Gasteiger partial charge in [-0.2, -0.15) is 0 Å². The van der Waals surface area contributed by atoms with E-state index >= 15 is 0 Å². The molecule has 1 aromatic rings. The van der Waals surface area contributed by atoms with E-state index in [9.17, 15) is 9.18 Å². The fourth-order valence-corrected chi connectivity index (χ4v) is 3.44. The van der Waals surface area contributed by atoms with E-state index in [1.54, 1.807) is 0 Å². The lowest BCUT2D eigenvalue weighted by Crippen LogP contribution is -2.43. The number of likely N-dealkylation sites (tertiary alicyclic amines) is 2. The first-order valence-corrected chi connectivity index (χ1v) is 7.98. The van der Waals surface area contributed by atoms with Crippen LogP contribution < -0.4 is 0 Å². The van der Waals surface area contributed by atoms with Gasteiger partial charge in [-0.15, -0.1) is 0 Å². The Kier molecular flexibility index (Phi) is 4.54. The number of nitrogens with zero attached hydrogens (tertiary/aromatic N) is 2. The Hall–Kier alpha value is -1.42. The Morgan fingerprint density at radius 2 is 1.81 bits per heavy atom. The van der Waals surface area contributed by atoms with Crippen molar-refractivity contribution in [3.63, 3.8) is 0 Å². The summed E-state index contributed by atoms with van der Waals surface area (Å²) in [5.41, 5.74) is 1.12. The fourth-order valence-electron chi connectivity index (χ4n) is 3.44. The van der Waals surface area contributed by atoms with Gasteiger partial charge in [0.2, 0.25) is 5.91 Å². The summed E-state index contributed by atoms with van der Waals surface area (Å²) >= 11 is 0. The number of hydrogen-bond donors (Lipinski definition) is 0. The molecule has 1 unspecified atom stereocenters. The minimum atomic E-state index is -0.195. The molecule has 0 bridgehead atoms. The maximum Gasteiger partial charge on any atom is 0.226 e. The van der Waals surface area contributed by atoms with Crippen molar-refractivity contribution in [1.82, 2.24) is 9.80 Å². The van der Waals surface area contributed by atoms with Crippen LogP contribution in [-0.2, 0) is 11.3 Å². The summed E-state index contributed by atoms with van der Waals surface area (Å²) in [5.74, 6) is 0.299. The van der Waals surface area contributed by atoms with E-state index < -0.39 is 0 Å². The molecule has 2 fully saturated rings. The van der Waals surface area contributed by atoms with Crippen LogP contribution >= 0.6 is 0 Å². The molecule has 1 amide bonds. The van der Waals surface area contributed by atoms with Crippen molar-refractivity contribution >= 4 is 5.91 Å². The summed E-state index contributed by atoms with van der Waals surface area (Å²) in [7, 11) is 0. The molecule has 0 saturated carbocycles. The summed E-state index contributed by atoms with van der Waals surface area (Å²) in [6.45, 7) is 4.55. The summed E-state index contributed by atoms with van der Waals surface area (Å²) in [6, 6.07) is 6.68. The van der Waals surface area contributed by atoms with E-state index in [1.807, 2.05) is 17.0 Å². The number of halogens is 1. The zero-order valence-electron chi connectivity index (χ0n) is 12.4. The van der Waals surface area contributed by atoms with Gasteiger partial charge in [-0.1, -0.05) is 12.1 Å². The highest BCUT2D eigenvalue weighted by Gasteiger charge is 2.30. The van der Waals surface area contributed by atoms with Crippen LogP contribution in [0.1, 0.15) is 31.2 Å². The normalized spacial score (nSPS) is 23.5. The molecule has 0 spiro atoms. The molecule has 2 aliphatic heterocycles. The number of hydrogen-bond acceptors (Lipinski definition) is 2. The highest BCUT2D eigenvalue weighted by molar-refractivity contribution is 5.79. The van der Waals surface area contributed by atoms with Crippen LogP contribution in [0, 0.1) is 11.7 Å². The average molecular weight is 290 g/mol. The molecule has 3 rings (SSSR count). The number of carbonyl (C=O) groups is 1. The largest absolute Gasteiger partial charge is 0.342 e. The number of piperidine rings is 1. The molecular formula is C17H23FN2O. The van der Waals surface area contributed by atoms with Crippen molar-refractivity contribution < 1.29 is 9.18 Å². The van der Waals surface area contributed by atoms with Crippen molar-refractivity contribution in [2.45, 2.75) is 32.2 Å². The molecular weight excluding hydrogens is 267 g/mol. The van der Waals surface area contributed by atoms with Crippen molar-refractivity contribution in [3.8, 4) is 0 Å². The van der Waals surface area contributed by atoms with Crippen molar-refractivity contribution in [3.05, 3.63) is 35.6 Å². The van der Waals surface area contributed by atoms with Gasteiger partial charge in [0, 0.05) is 26.2 Å². The molecule has 0 radical (unpaired) electrons. The third-order valence-electron chi connectivity index (χ3n) is 4.59. The lowest BCUT2D eigenvalue weighted by molar-refractivity contribution is -0.136. The van der Waals surface area contributed by atoms with Crippen LogP contribution in [0.4, 0.5) is 4.39 Å². The lowest BCUT2D eigenvalue weighted by atomic mass is 9.96. The highest BCUT2D eigenvalue weighted by Crippen LogP contribution is 2.22. The summed E-state index contributed by atoms with van der Waals surface area (Å²) < 4.78 is 12.9. The SMILES string of the molecule is O=C(C1CCCN(Cc2ccc(F)cc2)C1)N1CCCC1. The molecule has 2 aliphatic rings. The minimum Gasteiger partial charge on any atom is -0.342 e. The highest BCUT2D eigenvalue weighted by atomic mass is 19.1. The molecule has 0 N–H and O–H groups in total. The van der Waals surface area contributed by atoms with Gasteiger partial charge in [0.1, 0.15) is 5.82 Å². The van der Waals surface area contributed by atoms with Crippen molar-refractivity contribution in [2.75, 3.05) is 26.2 Å². The predicted molar refractivity (Wildman–Crippen MR) is 80.2 cm³/mol. The number of carbonyl (C=O) groups excluding carboxylic acids is 1. The molecule has 1 aromatic carbocycles. The first kappa shape index (κ1) is 14.5. The van der Waals surface area contributed by atoms with Gasteiger partial charge in [0.05, 0.1) is 5.92 Å². The van der Waals surface area contributed by atoms with Crippen LogP contribution in [-0.4, -0.2) is 41.9 Å². The standard InChI is InChI=1S/C17H23FN2O/c18-16-7-5-14(6-8-16)12-19-9-3-4-15(13-19)17(21)20-10-1-2-11-20/h5-8,15H,1-4,9-13H2. The van der Waals surface area contributed by atoms with E-state index in [4.69, 9.17) is 0 Å². The zero-order valence-corrected chi connectivity index (χ0v) is 12.4. The number of amides is 1. The van der Waals surface area contributed by atoms with Gasteiger partial charge >= 0.3 is 0 Å². The topological polar surface area (TPSA) is 23.6 Å². The third-order valence-corrected chi connectivity index (χ3v) is 4.59. The third kappa shape index (κ3) is 3.62. The summed E-state index contributed by atoms with van der Waals surface area (Å²) in [6.07, 6.45) is 4.39. The lowest BCUT2D eigenvalue weighted by Gasteiger charge is -2.34. The van der Waals surface area contributed by atoms with Crippen LogP contribution in [0.5, 0.6) is 0 Å². The molecule has 0 aromatic heterocycles. The Labute approximate surface area is 125 Å². The minimum absolute atomic E-state index is 0.150. The number of benzene rings is 1. The molecule has 1 atom stereocenters. The second-order valence-electron chi connectivity index (χ2n) is 6.23. The zero-order chi connectivity index (χ0) is 14.7. The number of rotatable bonds is 3. The molecule has 114 valence electrons. The average Bonchev–Trinajstić information content (AvgIpc) is 3.03. The second-order valence-corrected chi connectivity index (χ2v) is 6.23. The maximum absolute atomic E-state index is 12.9. The molecule has 3 nitrogen and oxygen atoms in total. The summed E-state index contributed by atoms with van der Waals surface area (Å²) in [5, 5.41) is 0. The van der Waals surface area contributed by atoms with Gasteiger partial charge in [-0.25, -0.2) is 4.39 Å². The van der Waals surface area contributed by atoms with Gasteiger partial charge in [0.15, 0.2) is 0 Å². The van der Waals surface area contributed by atoms with E-state index in [2.05, 4.69) is 4.90 Å². The summed E-state index contributed by atoms with van der Waals surface area (Å²) in [4.78, 5) is 16.9. The molecule has 2 saturated heterocycles. The molecule has 2 heterocycles. The van der Waals surface area contributed by atoms with E-state index in [-0.39, 0.29) is 11.7 Å². The smallest absolute Gasteiger partial charge is 0.226 e. The Bertz CT molecular complexity index is 482. The van der Waals surface area contributed by atoms with Gasteiger partial charge in [-0.05, 0) is 49.9 Å². The Morgan fingerprint density at radius 3 is 2.52 bits per heavy atom. The van der Waals surface area contributed by atoms with Gasteiger partial charge in [0.25, 0.3) is 0 Å². The van der Waals surface area contributed by atoms with Crippen LogP contribution in [0.2, 0.25) is 0 Å². The second kappa shape index (κ2) is 6.56. The molecule has 0 aliphatic carbocycles. The maximum atomic E-state index is 12.9. The van der Waals surface area contributed by atoms with Crippen LogP contribution in [0.15, 0.2) is 24.3 Å². The fraction of sp³-hybridized carbons (Fsp3) is 0.588. The van der Waals surface area contributed by atoms with E-state index in [1.165, 1.54) is 12.1 Å². The van der Waals surface area contributed by atoms with Gasteiger partial charge < -0.3 is 4.90 Å². The first-order chi connectivity index (χ1) is 10.2. The van der Waals surface area contributed by atoms with Crippen molar-refractivity contribution in [2.24, 2.45) is 5.92 Å². The van der Waals surface area contributed by atoms with Gasteiger partial charge in [-0.3, -0.25) is 9.69 Å². The Morgan fingerprint density at radius 1 is 1.10 bits per heavy atom. The molecule has 21 heavy (non-hydrogen) atoms. The Balaban J connectivity index is 1.57. The van der Waals surface area contributed by atoms with Crippen molar-refractivity contribution in [1.29, 1.82) is 0 Å². The van der Waals surface area contributed by atoms with E-state index in [0.29, 0.717) is 5.91 Å². The van der Waals surface area contributed by atoms with Crippen LogP contribution in [0.25, 0.3) is 0 Å². The van der Waals surface area contributed by atoms with Crippen LogP contribution in [0.3, 0.4) is 0 Å². The van der Waals surface area contributed by atoms with E-state index in [0.717, 1.165) is 64.0 Å². The predicted octanol–water partition coefficient (Wildman–Crippen LogP) is 2.66.